The van der Waals surface area contributed by atoms with Crippen molar-refractivity contribution in [2.45, 2.75) is 23.6 Å². The zero-order valence-corrected chi connectivity index (χ0v) is 14.9. The van der Waals surface area contributed by atoms with Gasteiger partial charge >= 0.3 is 0 Å². The molecular formula is C17H19NO3S2. The minimum absolute atomic E-state index is 0.125. The molecule has 0 aliphatic heterocycles. The second kappa shape index (κ2) is 7.19. The largest absolute Gasteiger partial charge is 0.325 e. The van der Waals surface area contributed by atoms with Crippen LogP contribution in [0.2, 0.25) is 0 Å². The van der Waals surface area contributed by atoms with Crippen molar-refractivity contribution < 1.29 is 13.2 Å². The van der Waals surface area contributed by atoms with Crippen molar-refractivity contribution in [3.63, 3.8) is 0 Å². The van der Waals surface area contributed by atoms with Gasteiger partial charge in [-0.25, -0.2) is 8.42 Å². The van der Waals surface area contributed by atoms with Gasteiger partial charge in [0.25, 0.3) is 0 Å². The fourth-order valence-electron chi connectivity index (χ4n) is 1.94. The molecule has 0 heterocycles. The number of anilines is 1. The van der Waals surface area contributed by atoms with E-state index in [4.69, 9.17) is 0 Å². The first-order valence-corrected chi connectivity index (χ1v) is 9.93. The topological polar surface area (TPSA) is 63.2 Å². The minimum atomic E-state index is -3.22. The molecule has 122 valence electrons. The van der Waals surface area contributed by atoms with Crippen LogP contribution in [0.15, 0.2) is 52.3 Å². The van der Waals surface area contributed by atoms with Gasteiger partial charge in [0, 0.05) is 16.8 Å². The molecular weight excluding hydrogens is 330 g/mol. The number of aryl methyl sites for hydroxylation is 2. The highest BCUT2D eigenvalue weighted by molar-refractivity contribution is 8.00. The van der Waals surface area contributed by atoms with Gasteiger partial charge in [-0.15, -0.1) is 11.8 Å². The SMILES string of the molecule is Cc1ccc(SCC(=O)Nc2ccc(S(C)(=O)=O)cc2)cc1C. The maximum absolute atomic E-state index is 12.0. The highest BCUT2D eigenvalue weighted by Gasteiger charge is 2.08. The molecule has 0 saturated carbocycles. The number of amides is 1. The molecule has 0 bridgehead atoms. The zero-order valence-electron chi connectivity index (χ0n) is 13.3. The molecule has 0 fully saturated rings. The van der Waals surface area contributed by atoms with Crippen LogP contribution in [0.25, 0.3) is 0 Å². The molecule has 23 heavy (non-hydrogen) atoms. The number of thioether (sulfide) groups is 1. The number of benzene rings is 2. The van der Waals surface area contributed by atoms with Gasteiger partial charge in [-0.2, -0.15) is 0 Å². The molecule has 2 aromatic carbocycles. The molecule has 0 atom stereocenters. The zero-order chi connectivity index (χ0) is 17.0. The fourth-order valence-corrected chi connectivity index (χ4v) is 3.36. The Morgan fingerprint density at radius 1 is 1.04 bits per heavy atom. The van der Waals surface area contributed by atoms with E-state index < -0.39 is 9.84 Å². The summed E-state index contributed by atoms with van der Waals surface area (Å²) in [6, 6.07) is 12.3. The van der Waals surface area contributed by atoms with Crippen LogP contribution in [-0.2, 0) is 14.6 Å². The Morgan fingerprint density at radius 3 is 2.26 bits per heavy atom. The molecule has 1 N–H and O–H groups in total. The molecule has 0 saturated heterocycles. The Kier molecular flexibility index (Phi) is 5.49. The van der Waals surface area contributed by atoms with Crippen LogP contribution in [0.1, 0.15) is 11.1 Å². The summed E-state index contributed by atoms with van der Waals surface area (Å²) < 4.78 is 22.8. The lowest BCUT2D eigenvalue weighted by Crippen LogP contribution is -2.14. The van der Waals surface area contributed by atoms with Crippen molar-refractivity contribution in [1.82, 2.24) is 0 Å². The second-order valence-electron chi connectivity index (χ2n) is 5.38. The summed E-state index contributed by atoms with van der Waals surface area (Å²) in [5, 5.41) is 2.76. The Bertz CT molecular complexity index is 812. The summed E-state index contributed by atoms with van der Waals surface area (Å²) in [6.07, 6.45) is 1.15. The number of hydrogen-bond acceptors (Lipinski definition) is 4. The predicted molar refractivity (Wildman–Crippen MR) is 94.8 cm³/mol. The Morgan fingerprint density at radius 2 is 1.70 bits per heavy atom. The average molecular weight is 349 g/mol. The molecule has 0 spiro atoms. The molecule has 6 heteroatoms. The van der Waals surface area contributed by atoms with E-state index in [1.165, 1.54) is 35.0 Å². The van der Waals surface area contributed by atoms with Crippen LogP contribution >= 0.6 is 11.8 Å². The third kappa shape index (κ3) is 5.11. The van der Waals surface area contributed by atoms with E-state index in [2.05, 4.69) is 18.3 Å². The van der Waals surface area contributed by atoms with Gasteiger partial charge in [-0.1, -0.05) is 6.07 Å². The summed E-state index contributed by atoms with van der Waals surface area (Å²) in [7, 11) is -3.22. The molecule has 0 radical (unpaired) electrons. The first kappa shape index (κ1) is 17.6. The standard InChI is InChI=1S/C17H19NO3S2/c1-12-4-7-15(10-13(12)2)22-11-17(19)18-14-5-8-16(9-6-14)23(3,20)21/h4-10H,11H2,1-3H3,(H,18,19). The molecule has 0 unspecified atom stereocenters. The van der Waals surface area contributed by atoms with Crippen molar-refractivity contribution in [3.05, 3.63) is 53.6 Å². The highest BCUT2D eigenvalue weighted by atomic mass is 32.2. The smallest absolute Gasteiger partial charge is 0.234 e. The maximum atomic E-state index is 12.0. The van der Waals surface area contributed by atoms with Gasteiger partial charge < -0.3 is 5.32 Å². The van der Waals surface area contributed by atoms with E-state index in [1.807, 2.05) is 19.1 Å². The quantitative estimate of drug-likeness (QED) is 0.840. The summed E-state index contributed by atoms with van der Waals surface area (Å²) in [6.45, 7) is 4.10. The number of carbonyl (C=O) groups excluding carboxylic acids is 1. The van der Waals surface area contributed by atoms with E-state index in [-0.39, 0.29) is 10.8 Å². The van der Waals surface area contributed by atoms with Gasteiger partial charge in [0.2, 0.25) is 5.91 Å². The van der Waals surface area contributed by atoms with E-state index in [0.29, 0.717) is 11.4 Å². The summed E-state index contributed by atoms with van der Waals surface area (Å²) in [5.41, 5.74) is 3.01. The third-order valence-electron chi connectivity index (χ3n) is 3.41. The van der Waals surface area contributed by atoms with E-state index in [1.54, 1.807) is 12.1 Å². The van der Waals surface area contributed by atoms with Crippen molar-refractivity contribution in [2.75, 3.05) is 17.3 Å². The number of sulfone groups is 1. The van der Waals surface area contributed by atoms with E-state index >= 15 is 0 Å². The predicted octanol–water partition coefficient (Wildman–Crippen LogP) is 3.44. The summed E-state index contributed by atoms with van der Waals surface area (Å²) >= 11 is 1.47. The maximum Gasteiger partial charge on any atom is 0.234 e. The van der Waals surface area contributed by atoms with Gasteiger partial charge in [0.15, 0.2) is 9.84 Å². The van der Waals surface area contributed by atoms with Crippen LogP contribution in [-0.4, -0.2) is 26.3 Å². The number of nitrogens with one attached hydrogen (secondary N) is 1. The minimum Gasteiger partial charge on any atom is -0.325 e. The molecule has 4 nitrogen and oxygen atoms in total. The first-order valence-electron chi connectivity index (χ1n) is 7.06. The highest BCUT2D eigenvalue weighted by Crippen LogP contribution is 2.21. The van der Waals surface area contributed by atoms with Crippen molar-refractivity contribution in [1.29, 1.82) is 0 Å². The average Bonchev–Trinajstić information content (AvgIpc) is 2.48. The third-order valence-corrected chi connectivity index (χ3v) is 5.54. The molecule has 0 aliphatic rings. The molecule has 1 amide bonds. The Labute approximate surface area is 141 Å². The molecule has 2 aromatic rings. The molecule has 0 aromatic heterocycles. The van der Waals surface area contributed by atoms with Gasteiger partial charge in [0.05, 0.1) is 10.6 Å². The molecule has 2 rings (SSSR count). The first-order chi connectivity index (χ1) is 10.8. The van der Waals surface area contributed by atoms with Crippen molar-refractivity contribution in [3.8, 4) is 0 Å². The van der Waals surface area contributed by atoms with Gasteiger partial charge in [-0.05, 0) is 61.4 Å². The van der Waals surface area contributed by atoms with Crippen LogP contribution in [0.5, 0.6) is 0 Å². The normalized spacial score (nSPS) is 11.3. The number of hydrogen-bond donors (Lipinski definition) is 1. The van der Waals surface area contributed by atoms with Crippen LogP contribution in [0.4, 0.5) is 5.69 Å². The van der Waals surface area contributed by atoms with Crippen LogP contribution in [0.3, 0.4) is 0 Å². The van der Waals surface area contributed by atoms with Crippen LogP contribution < -0.4 is 5.32 Å². The number of carbonyl (C=O) groups is 1. The van der Waals surface area contributed by atoms with E-state index in [9.17, 15) is 13.2 Å². The van der Waals surface area contributed by atoms with Gasteiger partial charge in [0.1, 0.15) is 0 Å². The fraction of sp³-hybridized carbons (Fsp3) is 0.235. The van der Waals surface area contributed by atoms with Crippen molar-refractivity contribution >= 4 is 33.2 Å². The molecule has 0 aliphatic carbocycles. The summed E-state index contributed by atoms with van der Waals surface area (Å²) in [5.74, 6) is 0.177. The van der Waals surface area contributed by atoms with Gasteiger partial charge in [-0.3, -0.25) is 4.79 Å². The lowest BCUT2D eigenvalue weighted by atomic mass is 10.1. The van der Waals surface area contributed by atoms with Crippen molar-refractivity contribution in [2.24, 2.45) is 0 Å². The van der Waals surface area contributed by atoms with E-state index in [0.717, 1.165) is 11.2 Å². The lowest BCUT2D eigenvalue weighted by Gasteiger charge is -2.07. The Balaban J connectivity index is 1.93. The Hall–Kier alpha value is -1.79. The number of rotatable bonds is 5. The monoisotopic (exact) mass is 349 g/mol. The van der Waals surface area contributed by atoms with Crippen LogP contribution in [0, 0.1) is 13.8 Å². The lowest BCUT2D eigenvalue weighted by molar-refractivity contribution is -0.113. The summed E-state index contributed by atoms with van der Waals surface area (Å²) in [4.78, 5) is 13.3. The second-order valence-corrected chi connectivity index (χ2v) is 8.44.